The molecule has 0 bridgehead atoms. The van der Waals surface area contributed by atoms with Gasteiger partial charge in [-0.15, -0.1) is 0 Å². The molecule has 1 N–H and O–H groups in total. The molecule has 0 radical (unpaired) electrons. The first-order valence-electron chi connectivity index (χ1n) is 10.2. The molecule has 162 valence electrons. The van der Waals surface area contributed by atoms with Crippen LogP contribution in [0.2, 0.25) is 0 Å². The third-order valence-corrected chi connectivity index (χ3v) is 5.02. The Morgan fingerprint density at radius 3 is 2.69 bits per heavy atom. The molecule has 1 aromatic carbocycles. The molecule has 0 saturated heterocycles. The van der Waals surface area contributed by atoms with Crippen LogP contribution in [0.3, 0.4) is 0 Å². The van der Waals surface area contributed by atoms with E-state index in [2.05, 4.69) is 25.4 Å². The van der Waals surface area contributed by atoms with Crippen molar-refractivity contribution >= 4 is 5.91 Å². The molecule has 0 aliphatic carbocycles. The van der Waals surface area contributed by atoms with Crippen LogP contribution in [0.1, 0.15) is 30.5 Å². The lowest BCUT2D eigenvalue weighted by Crippen LogP contribution is -2.36. The van der Waals surface area contributed by atoms with E-state index in [1.54, 1.807) is 18.5 Å². The maximum Gasteiger partial charge on any atom is 0.259 e. The predicted octanol–water partition coefficient (Wildman–Crippen LogP) is 2.93. The summed E-state index contributed by atoms with van der Waals surface area (Å²) in [6, 6.07) is 10.2. The fraction of sp³-hybridized carbons (Fsp3) is 0.217. The van der Waals surface area contributed by atoms with Crippen LogP contribution in [0.15, 0.2) is 70.5 Å². The molecule has 0 aliphatic heterocycles. The van der Waals surface area contributed by atoms with E-state index in [-0.39, 0.29) is 23.2 Å². The summed E-state index contributed by atoms with van der Waals surface area (Å²) in [5, 5.41) is 6.84. The smallest absolute Gasteiger partial charge is 0.259 e. The van der Waals surface area contributed by atoms with E-state index in [1.165, 1.54) is 23.0 Å². The van der Waals surface area contributed by atoms with E-state index in [1.807, 2.05) is 38.1 Å². The van der Waals surface area contributed by atoms with Gasteiger partial charge in [0.1, 0.15) is 11.7 Å². The first kappa shape index (κ1) is 21.1. The van der Waals surface area contributed by atoms with Crippen molar-refractivity contribution in [3.63, 3.8) is 0 Å². The summed E-state index contributed by atoms with van der Waals surface area (Å²) in [5.41, 5.74) is 2.84. The van der Waals surface area contributed by atoms with Gasteiger partial charge < -0.3 is 14.4 Å². The average molecular weight is 430 g/mol. The van der Waals surface area contributed by atoms with Gasteiger partial charge in [-0.2, -0.15) is 4.98 Å². The third kappa shape index (κ3) is 4.61. The van der Waals surface area contributed by atoms with Crippen molar-refractivity contribution in [3.8, 4) is 23.0 Å². The monoisotopic (exact) mass is 430 g/mol. The molecule has 1 atom stereocenters. The maximum absolute atomic E-state index is 12.9. The number of aryl methyl sites for hydroxylation is 1. The molecule has 0 saturated carbocycles. The fourth-order valence-corrected chi connectivity index (χ4v) is 3.25. The summed E-state index contributed by atoms with van der Waals surface area (Å²) in [6.45, 7) is 4.25. The Morgan fingerprint density at radius 1 is 1.16 bits per heavy atom. The van der Waals surface area contributed by atoms with E-state index < -0.39 is 6.04 Å². The largest absolute Gasteiger partial charge is 0.350 e. The Bertz CT molecular complexity index is 1260. The van der Waals surface area contributed by atoms with Crippen molar-refractivity contribution in [2.75, 3.05) is 0 Å². The van der Waals surface area contributed by atoms with Crippen LogP contribution < -0.4 is 10.9 Å². The minimum absolute atomic E-state index is 0.217. The number of amides is 1. The SMILES string of the molecule is CC[C@H](C(=O)NCc1ccc(C)cc1)n1cc(-c2nc(-c3cnccn3)no2)ccc1=O. The molecule has 0 spiro atoms. The van der Waals surface area contributed by atoms with Gasteiger partial charge in [-0.1, -0.05) is 41.9 Å². The Kier molecular flexibility index (Phi) is 6.16. The van der Waals surface area contributed by atoms with E-state index in [9.17, 15) is 9.59 Å². The van der Waals surface area contributed by atoms with Crippen molar-refractivity contribution in [2.24, 2.45) is 0 Å². The lowest BCUT2D eigenvalue weighted by Gasteiger charge is -2.18. The summed E-state index contributed by atoms with van der Waals surface area (Å²) in [4.78, 5) is 37.9. The second-order valence-corrected chi connectivity index (χ2v) is 7.30. The van der Waals surface area contributed by atoms with Crippen molar-refractivity contribution in [1.29, 1.82) is 0 Å². The molecule has 4 aromatic rings. The number of pyridine rings is 1. The van der Waals surface area contributed by atoms with Crippen LogP contribution in [-0.4, -0.2) is 30.6 Å². The molecule has 0 aliphatic rings. The maximum atomic E-state index is 12.9. The van der Waals surface area contributed by atoms with Crippen molar-refractivity contribution in [2.45, 2.75) is 32.9 Å². The van der Waals surface area contributed by atoms with Crippen LogP contribution in [0, 0.1) is 6.92 Å². The zero-order valence-corrected chi connectivity index (χ0v) is 17.7. The summed E-state index contributed by atoms with van der Waals surface area (Å²) in [7, 11) is 0. The van der Waals surface area contributed by atoms with E-state index in [0.717, 1.165) is 11.1 Å². The van der Waals surface area contributed by atoms with Crippen LogP contribution in [0.5, 0.6) is 0 Å². The number of carbonyl (C=O) groups excluding carboxylic acids is 1. The second kappa shape index (κ2) is 9.34. The van der Waals surface area contributed by atoms with Crippen molar-refractivity contribution in [3.05, 3.63) is 82.7 Å². The first-order valence-corrected chi connectivity index (χ1v) is 10.2. The van der Waals surface area contributed by atoms with Crippen LogP contribution >= 0.6 is 0 Å². The van der Waals surface area contributed by atoms with Crippen LogP contribution in [0.4, 0.5) is 0 Å². The summed E-state index contributed by atoms with van der Waals surface area (Å²) < 4.78 is 6.74. The summed E-state index contributed by atoms with van der Waals surface area (Å²) >= 11 is 0. The number of hydrogen-bond acceptors (Lipinski definition) is 7. The molecule has 3 heterocycles. The standard InChI is InChI=1S/C23H22N6O3/c1-3-19(22(31)26-12-16-6-4-15(2)5-7-16)29-14-17(8-9-20(29)30)23-27-21(28-32-23)18-13-24-10-11-25-18/h4-11,13-14,19H,3,12H2,1-2H3,(H,26,31)/t19-/m1/s1. The number of benzene rings is 1. The molecule has 4 rings (SSSR count). The Labute approximate surface area is 184 Å². The first-order chi connectivity index (χ1) is 15.5. The highest BCUT2D eigenvalue weighted by Crippen LogP contribution is 2.21. The number of nitrogens with one attached hydrogen (secondary N) is 1. The Hall–Kier alpha value is -4.14. The average Bonchev–Trinajstić information content (AvgIpc) is 3.31. The lowest BCUT2D eigenvalue weighted by molar-refractivity contribution is -0.124. The third-order valence-electron chi connectivity index (χ3n) is 5.02. The minimum Gasteiger partial charge on any atom is -0.350 e. The quantitative estimate of drug-likeness (QED) is 0.479. The number of nitrogens with zero attached hydrogens (tertiary/aromatic N) is 5. The van der Waals surface area contributed by atoms with E-state index in [4.69, 9.17) is 4.52 Å². The minimum atomic E-state index is -0.671. The van der Waals surface area contributed by atoms with E-state index >= 15 is 0 Å². The topological polar surface area (TPSA) is 116 Å². The van der Waals surface area contributed by atoms with Crippen LogP contribution in [0.25, 0.3) is 23.0 Å². The molecule has 9 nitrogen and oxygen atoms in total. The highest BCUT2D eigenvalue weighted by atomic mass is 16.5. The number of carbonyl (C=O) groups is 1. The van der Waals surface area contributed by atoms with E-state index in [0.29, 0.717) is 24.2 Å². The number of rotatable bonds is 7. The van der Waals surface area contributed by atoms with Crippen LogP contribution in [-0.2, 0) is 11.3 Å². The van der Waals surface area contributed by atoms with Crippen molar-refractivity contribution < 1.29 is 9.32 Å². The fourth-order valence-electron chi connectivity index (χ4n) is 3.25. The van der Waals surface area contributed by atoms with Gasteiger partial charge in [-0.25, -0.2) is 4.98 Å². The van der Waals surface area contributed by atoms with Gasteiger partial charge in [0.2, 0.25) is 11.7 Å². The zero-order valence-electron chi connectivity index (χ0n) is 17.7. The molecule has 0 unspecified atom stereocenters. The van der Waals surface area contributed by atoms with Gasteiger partial charge in [0.05, 0.1) is 11.8 Å². The predicted molar refractivity (Wildman–Crippen MR) is 117 cm³/mol. The van der Waals surface area contributed by atoms with Gasteiger partial charge >= 0.3 is 0 Å². The lowest BCUT2D eigenvalue weighted by atomic mass is 10.1. The van der Waals surface area contributed by atoms with Gasteiger partial charge in [0.25, 0.3) is 11.4 Å². The van der Waals surface area contributed by atoms with Gasteiger partial charge in [0, 0.05) is 31.2 Å². The summed E-state index contributed by atoms with van der Waals surface area (Å²) in [6.07, 6.45) is 6.62. The normalized spacial score (nSPS) is 11.8. The Morgan fingerprint density at radius 2 is 1.97 bits per heavy atom. The van der Waals surface area contributed by atoms with Gasteiger partial charge in [-0.3, -0.25) is 14.6 Å². The molecule has 1 amide bonds. The molecule has 32 heavy (non-hydrogen) atoms. The number of hydrogen-bond donors (Lipinski definition) is 1. The zero-order chi connectivity index (χ0) is 22.5. The number of aromatic nitrogens is 5. The van der Waals surface area contributed by atoms with Crippen molar-refractivity contribution in [1.82, 2.24) is 30.0 Å². The molecular weight excluding hydrogens is 408 g/mol. The highest BCUT2D eigenvalue weighted by molar-refractivity contribution is 5.80. The second-order valence-electron chi connectivity index (χ2n) is 7.30. The van der Waals surface area contributed by atoms with Gasteiger partial charge in [0.15, 0.2) is 0 Å². The molecule has 0 fully saturated rings. The highest BCUT2D eigenvalue weighted by Gasteiger charge is 2.21. The molecule has 9 heteroatoms. The molecule has 3 aromatic heterocycles. The molecular formula is C23H22N6O3. The Balaban J connectivity index is 1.55. The van der Waals surface area contributed by atoms with Gasteiger partial charge in [-0.05, 0) is 25.0 Å². The summed E-state index contributed by atoms with van der Waals surface area (Å²) in [5.74, 6) is 0.265.